The first kappa shape index (κ1) is 13.9. The van der Waals surface area contributed by atoms with Crippen LogP contribution in [0, 0.1) is 0 Å². The zero-order valence-corrected chi connectivity index (χ0v) is 10.0. The van der Waals surface area contributed by atoms with Gasteiger partial charge in [0.1, 0.15) is 6.04 Å². The predicted molar refractivity (Wildman–Crippen MR) is 59.1 cm³/mol. The smallest absolute Gasteiger partial charge is 0.242 e. The molecule has 0 heterocycles. The van der Waals surface area contributed by atoms with Crippen LogP contribution in [0.3, 0.4) is 0 Å². The number of carbonyl (C=O) groups is 2. The molecule has 0 spiro atoms. The van der Waals surface area contributed by atoms with E-state index in [-0.39, 0.29) is 17.4 Å². The van der Waals surface area contributed by atoms with E-state index in [1.807, 2.05) is 20.8 Å². The second kappa shape index (κ2) is 5.11. The lowest BCUT2D eigenvalue weighted by Crippen LogP contribution is -2.53. The van der Waals surface area contributed by atoms with Crippen molar-refractivity contribution >= 4 is 11.8 Å². The number of hydrogen-bond acceptors (Lipinski definition) is 3. The summed E-state index contributed by atoms with van der Waals surface area (Å²) in [5, 5.41) is 5.29. The summed E-state index contributed by atoms with van der Waals surface area (Å²) in [6.45, 7) is 8.84. The first-order valence-corrected chi connectivity index (χ1v) is 5.01. The van der Waals surface area contributed by atoms with Crippen LogP contribution in [0.25, 0.3) is 0 Å². The van der Waals surface area contributed by atoms with Crippen LogP contribution < -0.4 is 16.4 Å². The minimum Gasteiger partial charge on any atom is -0.350 e. The van der Waals surface area contributed by atoms with Gasteiger partial charge in [0.05, 0.1) is 6.04 Å². The van der Waals surface area contributed by atoms with E-state index in [2.05, 4.69) is 10.6 Å². The Morgan fingerprint density at radius 3 is 1.93 bits per heavy atom. The third-order valence-corrected chi connectivity index (χ3v) is 1.66. The highest BCUT2D eigenvalue weighted by Crippen LogP contribution is 1.99. The van der Waals surface area contributed by atoms with Gasteiger partial charge in [0.15, 0.2) is 0 Å². The number of nitrogens with one attached hydrogen (secondary N) is 2. The number of rotatable bonds is 3. The Hall–Kier alpha value is -1.10. The summed E-state index contributed by atoms with van der Waals surface area (Å²) in [5.74, 6) is -0.539. The third-order valence-electron chi connectivity index (χ3n) is 1.66. The second-order valence-electron chi connectivity index (χ2n) is 4.76. The van der Waals surface area contributed by atoms with Gasteiger partial charge in [-0.05, 0) is 34.6 Å². The Balaban J connectivity index is 4.17. The highest BCUT2D eigenvalue weighted by Gasteiger charge is 2.21. The van der Waals surface area contributed by atoms with E-state index in [1.54, 1.807) is 13.8 Å². The van der Waals surface area contributed by atoms with Crippen LogP contribution in [0.5, 0.6) is 0 Å². The molecule has 2 unspecified atom stereocenters. The number of carbonyl (C=O) groups excluding carboxylic acids is 2. The molecule has 5 heteroatoms. The second-order valence-corrected chi connectivity index (χ2v) is 4.76. The van der Waals surface area contributed by atoms with Crippen molar-refractivity contribution in [3.8, 4) is 0 Å². The van der Waals surface area contributed by atoms with Gasteiger partial charge in [-0.25, -0.2) is 0 Å². The molecule has 5 nitrogen and oxygen atoms in total. The van der Waals surface area contributed by atoms with Gasteiger partial charge in [-0.1, -0.05) is 0 Å². The minimum atomic E-state index is -0.602. The molecule has 0 aliphatic rings. The third kappa shape index (κ3) is 6.06. The summed E-state index contributed by atoms with van der Waals surface area (Å²) in [6, 6.07) is -1.17. The van der Waals surface area contributed by atoms with Gasteiger partial charge in [-0.2, -0.15) is 0 Å². The average Bonchev–Trinajstić information content (AvgIpc) is 2.00. The summed E-state index contributed by atoms with van der Waals surface area (Å²) in [5.41, 5.74) is 5.07. The summed E-state index contributed by atoms with van der Waals surface area (Å²) < 4.78 is 0. The Bertz CT molecular complexity index is 244. The zero-order valence-electron chi connectivity index (χ0n) is 10.0. The van der Waals surface area contributed by atoms with Crippen LogP contribution in [0.15, 0.2) is 0 Å². The summed E-state index contributed by atoms with van der Waals surface area (Å²) >= 11 is 0. The maximum absolute atomic E-state index is 11.6. The van der Waals surface area contributed by atoms with Crippen molar-refractivity contribution in [2.45, 2.75) is 52.2 Å². The van der Waals surface area contributed by atoms with Crippen molar-refractivity contribution in [1.29, 1.82) is 0 Å². The van der Waals surface area contributed by atoms with Crippen molar-refractivity contribution in [2.24, 2.45) is 5.73 Å². The van der Waals surface area contributed by atoms with Crippen molar-refractivity contribution in [1.82, 2.24) is 10.6 Å². The zero-order chi connectivity index (χ0) is 12.2. The standard InChI is InChI=1S/C10H21N3O2/c1-6(11)8(14)12-7(2)9(15)13-10(3,4)5/h6-7H,11H2,1-5H3,(H,12,14)(H,13,15). The Morgan fingerprint density at radius 1 is 1.13 bits per heavy atom. The van der Waals surface area contributed by atoms with Crippen molar-refractivity contribution in [2.75, 3.05) is 0 Å². The van der Waals surface area contributed by atoms with E-state index >= 15 is 0 Å². The van der Waals surface area contributed by atoms with E-state index in [4.69, 9.17) is 5.73 Å². The molecule has 15 heavy (non-hydrogen) atoms. The first-order valence-electron chi connectivity index (χ1n) is 5.01. The molecule has 0 rings (SSSR count). The molecule has 0 aliphatic carbocycles. The van der Waals surface area contributed by atoms with Crippen molar-refractivity contribution < 1.29 is 9.59 Å². The van der Waals surface area contributed by atoms with Gasteiger partial charge in [-0.15, -0.1) is 0 Å². The lowest BCUT2D eigenvalue weighted by Gasteiger charge is -2.24. The number of hydrogen-bond donors (Lipinski definition) is 3. The van der Waals surface area contributed by atoms with Crippen LogP contribution in [0.1, 0.15) is 34.6 Å². The normalized spacial score (nSPS) is 15.3. The number of amides is 2. The molecule has 0 aliphatic heterocycles. The molecule has 0 aromatic heterocycles. The summed E-state index contributed by atoms with van der Waals surface area (Å²) in [4.78, 5) is 22.8. The molecule has 88 valence electrons. The molecule has 0 saturated heterocycles. The molecule has 2 amide bonds. The average molecular weight is 215 g/mol. The van der Waals surface area contributed by atoms with Crippen LogP contribution in [-0.4, -0.2) is 29.4 Å². The largest absolute Gasteiger partial charge is 0.350 e. The maximum Gasteiger partial charge on any atom is 0.242 e. The van der Waals surface area contributed by atoms with Crippen LogP contribution in [0.4, 0.5) is 0 Å². The fourth-order valence-corrected chi connectivity index (χ4v) is 0.888. The van der Waals surface area contributed by atoms with Gasteiger partial charge in [0, 0.05) is 5.54 Å². The topological polar surface area (TPSA) is 84.2 Å². The Morgan fingerprint density at radius 2 is 1.60 bits per heavy atom. The molecule has 0 saturated carbocycles. The minimum absolute atomic E-state index is 0.212. The monoisotopic (exact) mass is 215 g/mol. The molecular formula is C10H21N3O2. The molecular weight excluding hydrogens is 194 g/mol. The number of nitrogens with two attached hydrogens (primary N) is 1. The molecule has 0 bridgehead atoms. The van der Waals surface area contributed by atoms with Crippen LogP contribution in [0.2, 0.25) is 0 Å². The molecule has 4 N–H and O–H groups in total. The van der Waals surface area contributed by atoms with Crippen molar-refractivity contribution in [3.05, 3.63) is 0 Å². The fraction of sp³-hybridized carbons (Fsp3) is 0.800. The van der Waals surface area contributed by atoms with Crippen LogP contribution in [-0.2, 0) is 9.59 Å². The molecule has 2 atom stereocenters. The molecule has 0 aromatic rings. The highest BCUT2D eigenvalue weighted by atomic mass is 16.2. The fourth-order valence-electron chi connectivity index (χ4n) is 0.888. The highest BCUT2D eigenvalue weighted by molar-refractivity contribution is 5.89. The maximum atomic E-state index is 11.6. The lowest BCUT2D eigenvalue weighted by molar-refractivity contribution is -0.129. The molecule has 0 fully saturated rings. The van der Waals surface area contributed by atoms with E-state index in [9.17, 15) is 9.59 Å². The molecule has 0 radical (unpaired) electrons. The van der Waals surface area contributed by atoms with E-state index < -0.39 is 12.1 Å². The lowest BCUT2D eigenvalue weighted by atomic mass is 10.1. The van der Waals surface area contributed by atoms with Gasteiger partial charge >= 0.3 is 0 Å². The molecule has 0 aromatic carbocycles. The first-order chi connectivity index (χ1) is 6.63. The van der Waals surface area contributed by atoms with E-state index in [1.165, 1.54) is 0 Å². The summed E-state index contributed by atoms with van der Waals surface area (Å²) in [6.07, 6.45) is 0. The van der Waals surface area contributed by atoms with Gasteiger partial charge in [0.2, 0.25) is 11.8 Å². The van der Waals surface area contributed by atoms with E-state index in [0.717, 1.165) is 0 Å². The van der Waals surface area contributed by atoms with E-state index in [0.29, 0.717) is 0 Å². The van der Waals surface area contributed by atoms with Gasteiger partial charge < -0.3 is 16.4 Å². The van der Waals surface area contributed by atoms with Gasteiger partial charge in [0.25, 0.3) is 0 Å². The van der Waals surface area contributed by atoms with Crippen LogP contribution >= 0.6 is 0 Å². The Kier molecular flexibility index (Phi) is 4.74. The van der Waals surface area contributed by atoms with Crippen molar-refractivity contribution in [3.63, 3.8) is 0 Å². The quantitative estimate of drug-likeness (QED) is 0.607. The summed E-state index contributed by atoms with van der Waals surface area (Å²) in [7, 11) is 0. The SMILES string of the molecule is CC(N)C(=O)NC(C)C(=O)NC(C)(C)C. The van der Waals surface area contributed by atoms with Gasteiger partial charge in [-0.3, -0.25) is 9.59 Å². The predicted octanol–water partition coefficient (Wildman–Crippen LogP) is -0.247. The Labute approximate surface area is 90.8 Å².